The van der Waals surface area contributed by atoms with Crippen LogP contribution < -0.4 is 4.52 Å². The fourth-order valence-electron chi connectivity index (χ4n) is 2.01. The third kappa shape index (κ3) is 3.22. The van der Waals surface area contributed by atoms with E-state index < -0.39 is 0 Å². The number of aryl methyl sites for hydroxylation is 1. The molecule has 0 aromatic heterocycles. The van der Waals surface area contributed by atoms with E-state index in [4.69, 9.17) is 4.52 Å². The largest absolute Gasteiger partial charge is 0.480 e. The number of hydrogen-bond acceptors (Lipinski definition) is 1. The average molecular weight is 252 g/mol. The van der Waals surface area contributed by atoms with E-state index in [1.165, 1.54) is 16.7 Å². The van der Waals surface area contributed by atoms with E-state index in [1.54, 1.807) is 0 Å². The smallest absolute Gasteiger partial charge is 0.129 e. The van der Waals surface area contributed by atoms with Crippen molar-refractivity contribution in [3.05, 3.63) is 28.8 Å². The molecule has 0 aliphatic heterocycles. The first kappa shape index (κ1) is 14.5. The predicted molar refractivity (Wildman–Crippen MR) is 78.9 cm³/mol. The van der Waals surface area contributed by atoms with Gasteiger partial charge in [-0.1, -0.05) is 59.2 Å². The molecule has 1 aromatic rings. The Morgan fingerprint density at radius 3 is 1.47 bits per heavy atom. The molecule has 0 spiro atoms. The summed E-state index contributed by atoms with van der Waals surface area (Å²) < 4.78 is 5.60. The Kier molecular flexibility index (Phi) is 3.94. The fraction of sp³-hybridized carbons (Fsp3) is 0.600. The molecule has 0 aliphatic rings. The van der Waals surface area contributed by atoms with Crippen LogP contribution in [0.3, 0.4) is 0 Å². The molecule has 0 saturated carbocycles. The quantitative estimate of drug-likeness (QED) is 0.655. The van der Waals surface area contributed by atoms with Crippen LogP contribution in [0.1, 0.15) is 58.2 Å². The SMILES string of the molecule is Cc1cc(C(C)(C)C)c(OP)c(C(C)(C)C)c1. The van der Waals surface area contributed by atoms with Crippen LogP contribution in [-0.4, -0.2) is 0 Å². The van der Waals surface area contributed by atoms with Gasteiger partial charge in [-0.2, -0.15) is 0 Å². The Balaban J connectivity index is 3.58. The van der Waals surface area contributed by atoms with Crippen LogP contribution in [0.15, 0.2) is 12.1 Å². The number of benzene rings is 1. The first-order valence-corrected chi connectivity index (χ1v) is 6.57. The molecule has 1 unspecified atom stereocenters. The van der Waals surface area contributed by atoms with Gasteiger partial charge in [0.25, 0.3) is 0 Å². The Morgan fingerprint density at radius 2 is 1.24 bits per heavy atom. The van der Waals surface area contributed by atoms with Gasteiger partial charge in [-0.25, -0.2) is 0 Å². The molecular weight excluding hydrogens is 227 g/mol. The maximum atomic E-state index is 5.60. The first-order valence-electron chi connectivity index (χ1n) is 6.09. The molecule has 0 radical (unpaired) electrons. The van der Waals surface area contributed by atoms with Gasteiger partial charge in [0.05, 0.1) is 9.47 Å². The van der Waals surface area contributed by atoms with Gasteiger partial charge in [0.15, 0.2) is 0 Å². The van der Waals surface area contributed by atoms with E-state index in [0.29, 0.717) is 0 Å². The van der Waals surface area contributed by atoms with Gasteiger partial charge < -0.3 is 4.52 Å². The first-order chi connectivity index (χ1) is 7.57. The zero-order valence-electron chi connectivity index (χ0n) is 12.1. The Bertz CT molecular complexity index is 373. The van der Waals surface area contributed by atoms with Crippen LogP contribution >= 0.6 is 9.47 Å². The average Bonchev–Trinajstić information content (AvgIpc) is 2.13. The minimum atomic E-state index is 0.0952. The van der Waals surface area contributed by atoms with Gasteiger partial charge >= 0.3 is 0 Å². The van der Waals surface area contributed by atoms with Gasteiger partial charge in [-0.3, -0.25) is 0 Å². The van der Waals surface area contributed by atoms with Gasteiger partial charge in [-0.05, 0) is 17.8 Å². The highest BCUT2D eigenvalue weighted by Gasteiger charge is 2.26. The summed E-state index contributed by atoms with van der Waals surface area (Å²) in [5.41, 5.74) is 4.04. The molecule has 2 heteroatoms. The molecule has 0 amide bonds. The van der Waals surface area contributed by atoms with Crippen molar-refractivity contribution < 1.29 is 4.52 Å². The maximum absolute atomic E-state index is 5.60. The fourth-order valence-corrected chi connectivity index (χ4v) is 2.27. The molecule has 0 fully saturated rings. The highest BCUT2D eigenvalue weighted by Crippen LogP contribution is 2.41. The van der Waals surface area contributed by atoms with Crippen molar-refractivity contribution in [1.82, 2.24) is 0 Å². The minimum Gasteiger partial charge on any atom is -0.480 e. The summed E-state index contributed by atoms with van der Waals surface area (Å²) in [5.74, 6) is 1.01. The summed E-state index contributed by atoms with van der Waals surface area (Å²) in [7, 11) is 2.39. The molecule has 1 nitrogen and oxygen atoms in total. The van der Waals surface area contributed by atoms with Crippen LogP contribution in [0.5, 0.6) is 5.75 Å². The van der Waals surface area contributed by atoms with Crippen molar-refractivity contribution >= 4 is 9.47 Å². The number of hydrogen-bond donors (Lipinski definition) is 0. The molecular formula is C15H25OP. The van der Waals surface area contributed by atoms with Crippen molar-refractivity contribution in [3.63, 3.8) is 0 Å². The molecule has 96 valence electrons. The van der Waals surface area contributed by atoms with Crippen LogP contribution in [0.2, 0.25) is 0 Å². The molecule has 17 heavy (non-hydrogen) atoms. The van der Waals surface area contributed by atoms with E-state index in [0.717, 1.165) is 5.75 Å². The molecule has 1 aromatic carbocycles. The van der Waals surface area contributed by atoms with Gasteiger partial charge in [-0.15, -0.1) is 0 Å². The summed E-state index contributed by atoms with van der Waals surface area (Å²) in [6.45, 7) is 15.5. The lowest BCUT2D eigenvalue weighted by Gasteiger charge is -2.29. The highest BCUT2D eigenvalue weighted by atomic mass is 31.0. The summed E-state index contributed by atoms with van der Waals surface area (Å²) in [4.78, 5) is 0. The van der Waals surface area contributed by atoms with Crippen molar-refractivity contribution in [1.29, 1.82) is 0 Å². The van der Waals surface area contributed by atoms with Crippen LogP contribution in [0, 0.1) is 6.92 Å². The topological polar surface area (TPSA) is 9.23 Å². The van der Waals surface area contributed by atoms with Crippen molar-refractivity contribution in [2.45, 2.75) is 59.3 Å². The zero-order valence-corrected chi connectivity index (χ0v) is 13.3. The molecule has 0 saturated heterocycles. The lowest BCUT2D eigenvalue weighted by atomic mass is 9.78. The lowest BCUT2D eigenvalue weighted by Crippen LogP contribution is -2.18. The third-order valence-electron chi connectivity index (χ3n) is 2.97. The Morgan fingerprint density at radius 1 is 0.882 bits per heavy atom. The molecule has 0 aliphatic carbocycles. The summed E-state index contributed by atoms with van der Waals surface area (Å²) in [6, 6.07) is 4.46. The zero-order chi connectivity index (χ0) is 13.4. The van der Waals surface area contributed by atoms with Gasteiger partial charge in [0, 0.05) is 11.1 Å². The van der Waals surface area contributed by atoms with Crippen LogP contribution in [-0.2, 0) is 10.8 Å². The third-order valence-corrected chi connectivity index (χ3v) is 3.20. The minimum absolute atomic E-state index is 0.0952. The van der Waals surface area contributed by atoms with E-state index in [9.17, 15) is 0 Å². The Labute approximate surface area is 108 Å². The number of rotatable bonds is 1. The summed E-state index contributed by atoms with van der Waals surface area (Å²) in [5, 5.41) is 0. The van der Waals surface area contributed by atoms with Crippen LogP contribution in [0.4, 0.5) is 0 Å². The lowest BCUT2D eigenvalue weighted by molar-refractivity contribution is 0.509. The second-order valence-electron chi connectivity index (χ2n) is 6.81. The van der Waals surface area contributed by atoms with Crippen molar-refractivity contribution in [3.8, 4) is 5.75 Å². The molecule has 0 heterocycles. The maximum Gasteiger partial charge on any atom is 0.129 e. The molecule has 0 N–H and O–H groups in total. The highest BCUT2D eigenvalue weighted by molar-refractivity contribution is 7.10. The molecule has 1 rings (SSSR count). The van der Waals surface area contributed by atoms with Gasteiger partial charge in [0.1, 0.15) is 5.75 Å². The van der Waals surface area contributed by atoms with Gasteiger partial charge in [0.2, 0.25) is 0 Å². The van der Waals surface area contributed by atoms with E-state index >= 15 is 0 Å². The van der Waals surface area contributed by atoms with Crippen molar-refractivity contribution in [2.75, 3.05) is 0 Å². The monoisotopic (exact) mass is 252 g/mol. The second kappa shape index (κ2) is 4.61. The Hall–Kier alpha value is -0.550. The summed E-state index contributed by atoms with van der Waals surface area (Å²) >= 11 is 0. The van der Waals surface area contributed by atoms with Crippen LogP contribution in [0.25, 0.3) is 0 Å². The second-order valence-corrected chi connectivity index (χ2v) is 7.04. The van der Waals surface area contributed by atoms with Crippen molar-refractivity contribution in [2.24, 2.45) is 0 Å². The van der Waals surface area contributed by atoms with E-state index in [1.807, 2.05) is 0 Å². The molecule has 1 atom stereocenters. The van der Waals surface area contributed by atoms with E-state index in [2.05, 4.69) is 70.1 Å². The van der Waals surface area contributed by atoms with E-state index in [-0.39, 0.29) is 10.8 Å². The molecule has 0 bridgehead atoms. The summed E-state index contributed by atoms with van der Waals surface area (Å²) in [6.07, 6.45) is 0. The normalized spacial score (nSPS) is 12.7. The standard InChI is InChI=1S/C15H25OP/c1-10-8-11(14(2,3)4)13(16-17)12(9-10)15(5,6)7/h8-9H,17H2,1-7H3. The predicted octanol–water partition coefficient (Wildman–Crippen LogP) is 4.76.